The van der Waals surface area contributed by atoms with E-state index >= 15 is 0 Å². The van der Waals surface area contributed by atoms with Crippen molar-refractivity contribution in [1.29, 1.82) is 0 Å². The Labute approximate surface area is 330 Å². The van der Waals surface area contributed by atoms with Crippen molar-refractivity contribution >= 4 is 0 Å². The van der Waals surface area contributed by atoms with Gasteiger partial charge in [-0.2, -0.15) is 0 Å². The molecular weight excluding hydrogens is 681 g/mol. The third kappa shape index (κ3) is 5.43. The van der Waals surface area contributed by atoms with Gasteiger partial charge in [-0.25, -0.2) is 0 Å². The Kier molecular flexibility index (Phi) is 9.40. The number of pyridine rings is 4. The van der Waals surface area contributed by atoms with Crippen LogP contribution in [-0.4, -0.2) is 19.9 Å². The first-order valence-corrected chi connectivity index (χ1v) is 19.5. The minimum Gasteiger partial charge on any atom is -0.265 e. The van der Waals surface area contributed by atoms with Crippen molar-refractivity contribution in [2.75, 3.05) is 0 Å². The summed E-state index contributed by atoms with van der Waals surface area (Å²) in [6, 6.07) is 62.8. The van der Waals surface area contributed by atoms with Gasteiger partial charge in [0, 0.05) is 71.2 Å². The molecule has 8 aromatic rings. The number of hydrogen-bond donors (Lipinski definition) is 0. The lowest BCUT2D eigenvalue weighted by atomic mass is 9.17. The Bertz CT molecular complexity index is 2080. The zero-order valence-corrected chi connectivity index (χ0v) is 31.4. The summed E-state index contributed by atoms with van der Waals surface area (Å²) in [5.74, 6) is 0. The van der Waals surface area contributed by atoms with E-state index in [4.69, 9.17) is 0 Å². The van der Waals surface area contributed by atoms with Gasteiger partial charge in [-0.15, -0.1) is 0 Å². The van der Waals surface area contributed by atoms with Crippen LogP contribution in [0.25, 0.3) is 0 Å². The second-order valence-electron chi connectivity index (χ2n) is 15.2. The molecule has 0 radical (unpaired) electrons. The summed E-state index contributed by atoms with van der Waals surface area (Å²) in [5.41, 5.74) is 7.82. The van der Waals surface area contributed by atoms with E-state index in [0.29, 0.717) is 0 Å². The molecule has 0 N–H and O–H groups in total. The average molecular weight is 725 g/mol. The molecular formula is C52H44N4. The van der Waals surface area contributed by atoms with Gasteiger partial charge in [-0.3, -0.25) is 19.9 Å². The first-order valence-electron chi connectivity index (χ1n) is 19.5. The largest absolute Gasteiger partial charge is 0.265 e. The van der Waals surface area contributed by atoms with Gasteiger partial charge in [0.1, 0.15) is 0 Å². The summed E-state index contributed by atoms with van der Waals surface area (Å²) in [6.07, 6.45) is 19.0. The maximum Gasteiger partial charge on any atom is 0.0270 e. The van der Waals surface area contributed by atoms with E-state index < -0.39 is 21.7 Å². The molecule has 1 aliphatic rings. The van der Waals surface area contributed by atoms with Gasteiger partial charge >= 0.3 is 0 Å². The van der Waals surface area contributed by atoms with Gasteiger partial charge in [0.2, 0.25) is 0 Å². The molecule has 272 valence electrons. The highest BCUT2D eigenvalue weighted by Gasteiger charge is 2.87. The maximum atomic E-state index is 4.67. The van der Waals surface area contributed by atoms with E-state index in [0.717, 1.165) is 25.7 Å². The molecule has 1 saturated carbocycles. The third-order valence-corrected chi connectivity index (χ3v) is 12.9. The highest BCUT2D eigenvalue weighted by molar-refractivity contribution is 5.68. The van der Waals surface area contributed by atoms with Crippen LogP contribution in [0, 0.1) is 0 Å². The molecule has 4 heteroatoms. The Hall–Kier alpha value is -6.52. The molecule has 1 fully saturated rings. The molecule has 0 atom stereocenters. The number of nitrogens with zero attached hydrogens (tertiary/aromatic N) is 4. The van der Waals surface area contributed by atoms with Crippen molar-refractivity contribution in [2.45, 2.75) is 47.3 Å². The van der Waals surface area contributed by atoms with E-state index in [2.05, 4.69) is 190 Å². The molecule has 4 nitrogen and oxygen atoms in total. The fourth-order valence-corrected chi connectivity index (χ4v) is 11.1. The third-order valence-electron chi connectivity index (χ3n) is 12.9. The van der Waals surface area contributed by atoms with E-state index in [1.54, 1.807) is 0 Å². The smallest absolute Gasteiger partial charge is 0.0270 e. The van der Waals surface area contributed by atoms with Crippen LogP contribution in [0.2, 0.25) is 0 Å². The van der Waals surface area contributed by atoms with Crippen LogP contribution in [0.3, 0.4) is 0 Å². The van der Waals surface area contributed by atoms with Crippen LogP contribution in [0.4, 0.5) is 0 Å². The minimum atomic E-state index is -0.587. The van der Waals surface area contributed by atoms with Crippen molar-refractivity contribution in [3.8, 4) is 0 Å². The van der Waals surface area contributed by atoms with E-state index in [1.165, 1.54) is 44.5 Å². The quantitative estimate of drug-likeness (QED) is 0.126. The van der Waals surface area contributed by atoms with Crippen molar-refractivity contribution in [3.05, 3.63) is 264 Å². The Morgan fingerprint density at radius 1 is 0.232 bits per heavy atom. The molecule has 0 unspecified atom stereocenters. The molecule has 0 aliphatic heterocycles. The summed E-state index contributed by atoms with van der Waals surface area (Å²) < 4.78 is 0. The lowest BCUT2D eigenvalue weighted by molar-refractivity contribution is -0.156. The van der Waals surface area contributed by atoms with E-state index in [9.17, 15) is 0 Å². The number of benzene rings is 4. The van der Waals surface area contributed by atoms with Gasteiger partial charge in [0.05, 0.1) is 0 Å². The summed E-state index contributed by atoms with van der Waals surface area (Å²) in [7, 11) is 0. The monoisotopic (exact) mass is 724 g/mol. The molecule has 0 amide bonds. The second-order valence-corrected chi connectivity index (χ2v) is 15.2. The van der Waals surface area contributed by atoms with E-state index in [1.807, 2.05) is 49.6 Å². The molecule has 4 aromatic carbocycles. The average Bonchev–Trinajstić information content (AvgIpc) is 3.28. The molecule has 4 aromatic heterocycles. The van der Waals surface area contributed by atoms with Gasteiger partial charge < -0.3 is 0 Å². The van der Waals surface area contributed by atoms with Crippen molar-refractivity contribution in [3.63, 3.8) is 0 Å². The van der Waals surface area contributed by atoms with Crippen molar-refractivity contribution < 1.29 is 0 Å². The van der Waals surface area contributed by atoms with Crippen LogP contribution in [-0.2, 0) is 47.3 Å². The standard InChI is InChI=1S/C52H44N4/c1-5-13-41(14-6-1)37-49(45-21-29-53-30-22-45)50(46-23-31-54-32-24-46,38-42-15-7-2-8-16-42)52(48-27-35-56-36-28-48,40-44-19-11-4-12-20-44)51(49,47-25-33-55-34-26-47)39-43-17-9-3-10-18-43/h1-36H,37-40H2. The van der Waals surface area contributed by atoms with Gasteiger partial charge in [-0.1, -0.05) is 121 Å². The molecule has 0 spiro atoms. The lowest BCUT2D eigenvalue weighted by Crippen LogP contribution is -2.89. The van der Waals surface area contributed by atoms with Crippen molar-refractivity contribution in [2.24, 2.45) is 0 Å². The van der Waals surface area contributed by atoms with Gasteiger partial charge in [-0.05, 0) is 119 Å². The second kappa shape index (κ2) is 15.0. The SMILES string of the molecule is c1ccc(CC2(c3ccncc3)C(Cc3ccccc3)(c3ccncc3)C(Cc3ccccc3)(c3ccncc3)C2(Cc2ccccc2)c2ccncc2)cc1. The number of aromatic nitrogens is 4. The minimum absolute atomic E-state index is 0.587. The summed E-state index contributed by atoms with van der Waals surface area (Å²) >= 11 is 0. The maximum absolute atomic E-state index is 4.67. The van der Waals surface area contributed by atoms with Crippen LogP contribution in [0.1, 0.15) is 44.5 Å². The summed E-state index contributed by atoms with van der Waals surface area (Å²) in [5, 5.41) is 0. The Balaban J connectivity index is 1.56. The Morgan fingerprint density at radius 2 is 0.411 bits per heavy atom. The molecule has 1 aliphatic carbocycles. The number of hydrogen-bond acceptors (Lipinski definition) is 4. The van der Waals surface area contributed by atoms with Crippen LogP contribution >= 0.6 is 0 Å². The first kappa shape index (κ1) is 35.2. The number of rotatable bonds is 12. The van der Waals surface area contributed by atoms with Gasteiger partial charge in [0.25, 0.3) is 0 Å². The molecule has 0 bridgehead atoms. The summed E-state index contributed by atoms with van der Waals surface area (Å²) in [4.78, 5) is 18.7. The zero-order valence-electron chi connectivity index (χ0n) is 31.4. The Morgan fingerprint density at radius 3 is 0.589 bits per heavy atom. The fourth-order valence-electron chi connectivity index (χ4n) is 11.1. The van der Waals surface area contributed by atoms with Crippen LogP contribution in [0.5, 0.6) is 0 Å². The van der Waals surface area contributed by atoms with E-state index in [-0.39, 0.29) is 0 Å². The van der Waals surface area contributed by atoms with Crippen molar-refractivity contribution in [1.82, 2.24) is 19.9 Å². The van der Waals surface area contributed by atoms with Crippen LogP contribution < -0.4 is 0 Å². The fraction of sp³-hybridized carbons (Fsp3) is 0.154. The lowest BCUT2D eigenvalue weighted by Gasteiger charge is -2.84. The van der Waals surface area contributed by atoms with Gasteiger partial charge in [0.15, 0.2) is 0 Å². The predicted octanol–water partition coefficient (Wildman–Crippen LogP) is 10.3. The molecule has 9 rings (SSSR count). The highest BCUT2D eigenvalue weighted by Crippen LogP contribution is 2.82. The predicted molar refractivity (Wildman–Crippen MR) is 224 cm³/mol. The summed E-state index contributed by atoms with van der Waals surface area (Å²) in [6.45, 7) is 0. The first-order chi connectivity index (χ1) is 27.7. The highest BCUT2D eigenvalue weighted by atomic mass is 14.9. The normalized spacial score (nSPS) is 22.9. The molecule has 56 heavy (non-hydrogen) atoms. The topological polar surface area (TPSA) is 51.6 Å². The molecule has 4 heterocycles. The molecule has 0 saturated heterocycles. The zero-order chi connectivity index (χ0) is 37.7. The van der Waals surface area contributed by atoms with Crippen LogP contribution in [0.15, 0.2) is 219 Å².